The van der Waals surface area contributed by atoms with Crippen LogP contribution in [0.15, 0.2) is 17.3 Å². The minimum Gasteiger partial charge on any atom is -0.266 e. The normalized spacial score (nSPS) is 12.6. The van der Waals surface area contributed by atoms with Crippen molar-refractivity contribution in [3.8, 4) is 0 Å². The molecule has 0 unspecified atom stereocenters. The monoisotopic (exact) mass is 225 g/mol. The number of nitrogens with one attached hydrogen (secondary N) is 1. The zero-order valence-corrected chi connectivity index (χ0v) is 8.13. The molecule has 1 rings (SSSR count). The number of rotatable bonds is 4. The van der Waals surface area contributed by atoms with Gasteiger partial charge in [-0.05, 0) is 6.07 Å². The number of hydrogen-bond acceptors (Lipinski definition) is 3. The summed E-state index contributed by atoms with van der Waals surface area (Å²) < 4.78 is 47.3. The highest BCUT2D eigenvalue weighted by Crippen LogP contribution is 2.11. The van der Waals surface area contributed by atoms with Gasteiger partial charge in [0.2, 0.25) is 0 Å². The van der Waals surface area contributed by atoms with E-state index in [2.05, 4.69) is 10.2 Å². The second-order valence-corrected chi connectivity index (χ2v) is 4.61. The molecule has 0 fully saturated rings. The average Bonchev–Trinajstić information content (AvgIpc) is 2.54. The molecule has 0 aromatic carbocycles. The molecule has 0 spiro atoms. The van der Waals surface area contributed by atoms with Gasteiger partial charge in [0.05, 0.1) is 12.7 Å². The van der Waals surface area contributed by atoms with Crippen LogP contribution in [0.3, 0.4) is 0 Å². The zero-order chi connectivity index (χ0) is 10.8. The Morgan fingerprint density at radius 3 is 2.71 bits per heavy atom. The topological polar surface area (TPSA) is 66.1 Å². The fraction of sp³-hybridized carbons (Fsp3) is 0.500. The van der Waals surface area contributed by atoms with Gasteiger partial charge in [0.1, 0.15) is 0 Å². The number of hydrogen-bond donors (Lipinski definition) is 1. The van der Waals surface area contributed by atoms with Crippen LogP contribution in [0, 0.1) is 0 Å². The summed E-state index contributed by atoms with van der Waals surface area (Å²) in [6.45, 7) is -0.832. The molecule has 1 aromatic heterocycles. The van der Waals surface area contributed by atoms with Gasteiger partial charge in [-0.15, -0.1) is 0 Å². The summed E-state index contributed by atoms with van der Waals surface area (Å²) in [5.41, 5.74) is 0. The van der Waals surface area contributed by atoms with Crippen molar-refractivity contribution < 1.29 is 17.2 Å². The maximum absolute atomic E-state index is 11.9. The molecular formula is C6H9F2N3O2S. The molecule has 1 N–H and O–H groups in total. The van der Waals surface area contributed by atoms with Gasteiger partial charge < -0.3 is 0 Å². The lowest BCUT2D eigenvalue weighted by atomic mass is 10.7. The van der Waals surface area contributed by atoms with Crippen LogP contribution in [-0.2, 0) is 10.0 Å². The SMILES string of the molecule is CN(CC(F)F)S(=O)(=O)c1ccn[nH]1. The van der Waals surface area contributed by atoms with Gasteiger partial charge in [0, 0.05) is 7.05 Å². The molecule has 14 heavy (non-hydrogen) atoms. The lowest BCUT2D eigenvalue weighted by Gasteiger charge is -2.14. The van der Waals surface area contributed by atoms with Crippen LogP contribution >= 0.6 is 0 Å². The van der Waals surface area contributed by atoms with E-state index >= 15 is 0 Å². The van der Waals surface area contributed by atoms with Crippen LogP contribution in [0.5, 0.6) is 0 Å². The Kier molecular flexibility index (Phi) is 3.17. The minimum absolute atomic E-state index is 0.194. The van der Waals surface area contributed by atoms with Crippen molar-refractivity contribution in [2.75, 3.05) is 13.6 Å². The number of sulfonamides is 1. The fourth-order valence-corrected chi connectivity index (χ4v) is 1.89. The molecule has 0 atom stereocenters. The van der Waals surface area contributed by atoms with Crippen molar-refractivity contribution in [3.05, 3.63) is 12.3 Å². The molecule has 0 saturated heterocycles. The van der Waals surface area contributed by atoms with Gasteiger partial charge in [0.15, 0.2) is 5.03 Å². The van der Waals surface area contributed by atoms with Crippen molar-refractivity contribution >= 4 is 10.0 Å². The van der Waals surface area contributed by atoms with Crippen molar-refractivity contribution in [3.63, 3.8) is 0 Å². The van der Waals surface area contributed by atoms with E-state index in [1.807, 2.05) is 0 Å². The summed E-state index contributed by atoms with van der Waals surface area (Å²) in [6, 6.07) is 1.21. The molecule has 0 radical (unpaired) electrons. The smallest absolute Gasteiger partial charge is 0.259 e. The van der Waals surface area contributed by atoms with Gasteiger partial charge in [-0.2, -0.15) is 9.40 Å². The molecule has 8 heteroatoms. The summed E-state index contributed by atoms with van der Waals surface area (Å²) in [4.78, 5) is 0. The van der Waals surface area contributed by atoms with Crippen LogP contribution in [0.25, 0.3) is 0 Å². The van der Waals surface area contributed by atoms with Gasteiger partial charge in [0.25, 0.3) is 16.4 Å². The highest BCUT2D eigenvalue weighted by Gasteiger charge is 2.24. The van der Waals surface area contributed by atoms with Gasteiger partial charge >= 0.3 is 0 Å². The molecule has 5 nitrogen and oxygen atoms in total. The highest BCUT2D eigenvalue weighted by molar-refractivity contribution is 7.89. The average molecular weight is 225 g/mol. The molecule has 1 aromatic rings. The highest BCUT2D eigenvalue weighted by atomic mass is 32.2. The molecule has 0 saturated carbocycles. The van der Waals surface area contributed by atoms with E-state index in [1.165, 1.54) is 12.3 Å². The van der Waals surface area contributed by atoms with Crippen LogP contribution in [0.1, 0.15) is 0 Å². The van der Waals surface area contributed by atoms with E-state index in [9.17, 15) is 17.2 Å². The van der Waals surface area contributed by atoms with Crippen LogP contribution in [0.4, 0.5) is 8.78 Å². The molecule has 0 bridgehead atoms. The number of halogens is 2. The molecular weight excluding hydrogens is 216 g/mol. The Bertz CT molecular complexity index is 376. The van der Waals surface area contributed by atoms with Crippen molar-refractivity contribution in [2.45, 2.75) is 11.5 Å². The van der Waals surface area contributed by atoms with Crippen molar-refractivity contribution in [1.29, 1.82) is 0 Å². The first-order valence-corrected chi connectivity index (χ1v) is 5.12. The third-order valence-electron chi connectivity index (χ3n) is 1.56. The lowest BCUT2D eigenvalue weighted by Crippen LogP contribution is -2.31. The quantitative estimate of drug-likeness (QED) is 0.801. The van der Waals surface area contributed by atoms with E-state index in [0.29, 0.717) is 4.31 Å². The molecule has 0 amide bonds. The second kappa shape index (κ2) is 4.01. The molecule has 0 aliphatic carbocycles. The number of aromatic nitrogens is 2. The van der Waals surface area contributed by atoms with Crippen LogP contribution in [-0.4, -0.2) is 42.9 Å². The standard InChI is InChI=1S/C6H9F2N3O2S/c1-11(4-5(7)8)14(12,13)6-2-3-9-10-6/h2-3,5H,4H2,1H3,(H,9,10). The van der Waals surface area contributed by atoms with Crippen molar-refractivity contribution in [2.24, 2.45) is 0 Å². The largest absolute Gasteiger partial charge is 0.266 e. The van der Waals surface area contributed by atoms with Gasteiger partial charge in [-0.25, -0.2) is 17.2 Å². The summed E-state index contributed by atoms with van der Waals surface area (Å²) in [7, 11) is -2.77. The van der Waals surface area contributed by atoms with Crippen LogP contribution < -0.4 is 0 Å². The van der Waals surface area contributed by atoms with Crippen LogP contribution in [0.2, 0.25) is 0 Å². The number of H-pyrrole nitrogens is 1. The van der Waals surface area contributed by atoms with Gasteiger partial charge in [-0.1, -0.05) is 0 Å². The summed E-state index contributed by atoms with van der Waals surface area (Å²) >= 11 is 0. The molecule has 0 aliphatic heterocycles. The predicted octanol–water partition coefficient (Wildman–Crippen LogP) is 0.295. The fourth-order valence-electron chi connectivity index (χ4n) is 0.847. The Hall–Kier alpha value is -1.02. The first kappa shape index (κ1) is 11.1. The Balaban J connectivity index is 2.86. The summed E-state index contributed by atoms with van der Waals surface area (Å²) in [6.07, 6.45) is -1.46. The Morgan fingerprint density at radius 1 is 1.64 bits per heavy atom. The summed E-state index contributed by atoms with van der Waals surface area (Å²) in [5, 5.41) is 5.44. The van der Waals surface area contributed by atoms with Crippen molar-refractivity contribution in [1.82, 2.24) is 14.5 Å². The second-order valence-electron chi connectivity index (χ2n) is 2.60. The number of aromatic amines is 1. The first-order valence-electron chi connectivity index (χ1n) is 3.68. The molecule has 80 valence electrons. The lowest BCUT2D eigenvalue weighted by molar-refractivity contribution is 0.126. The van der Waals surface area contributed by atoms with Gasteiger partial charge in [-0.3, -0.25) is 5.10 Å². The number of alkyl halides is 2. The van der Waals surface area contributed by atoms with E-state index < -0.39 is 23.0 Å². The van der Waals surface area contributed by atoms with E-state index in [1.54, 1.807) is 0 Å². The molecule has 1 heterocycles. The maximum atomic E-state index is 11.9. The maximum Gasteiger partial charge on any atom is 0.259 e. The number of nitrogens with zero attached hydrogens (tertiary/aromatic N) is 2. The molecule has 0 aliphatic rings. The van der Waals surface area contributed by atoms with E-state index in [0.717, 1.165) is 7.05 Å². The Labute approximate surface area is 79.8 Å². The summed E-state index contributed by atoms with van der Waals surface area (Å²) in [5.74, 6) is 0. The predicted molar refractivity (Wildman–Crippen MR) is 44.4 cm³/mol. The zero-order valence-electron chi connectivity index (χ0n) is 7.31. The first-order chi connectivity index (χ1) is 6.44. The third kappa shape index (κ3) is 2.26. The Morgan fingerprint density at radius 2 is 2.29 bits per heavy atom. The van der Waals surface area contributed by atoms with E-state index in [4.69, 9.17) is 0 Å². The van der Waals surface area contributed by atoms with E-state index in [-0.39, 0.29) is 5.03 Å². The third-order valence-corrected chi connectivity index (χ3v) is 3.31. The minimum atomic E-state index is -3.86.